The Labute approximate surface area is 180 Å². The van der Waals surface area contributed by atoms with Crippen LogP contribution in [0.5, 0.6) is 0 Å². The molecule has 8 heteroatoms. The number of rotatable bonds is 8. The first-order valence-corrected chi connectivity index (χ1v) is 11.7. The highest BCUT2D eigenvalue weighted by Gasteiger charge is 2.39. The summed E-state index contributed by atoms with van der Waals surface area (Å²) in [6, 6.07) is -0.282. The number of methoxy groups -OCH3 is 1. The number of hydrogen-bond donors (Lipinski definition) is 1. The average molecular weight is 423 g/mol. The zero-order valence-corrected chi connectivity index (χ0v) is 18.4. The number of carbonyl (C=O) groups is 3. The Kier molecular flexibility index (Phi) is 8.93. The molecule has 1 N–H and O–H groups in total. The zero-order chi connectivity index (χ0) is 21.3. The summed E-state index contributed by atoms with van der Waals surface area (Å²) in [6.07, 6.45) is 7.93. The second-order valence-electron chi connectivity index (χ2n) is 8.82. The Hall–Kier alpha value is -1.67. The number of piperazine rings is 1. The molecular formula is C22H38N4O4. The molecular weight excluding hydrogens is 384 g/mol. The molecule has 0 spiro atoms. The number of likely N-dealkylation sites (tertiary alicyclic amines) is 1. The van der Waals surface area contributed by atoms with Crippen molar-refractivity contribution in [1.82, 2.24) is 20.0 Å². The lowest BCUT2D eigenvalue weighted by atomic mass is 9.88. The highest BCUT2D eigenvalue weighted by Crippen LogP contribution is 2.29. The van der Waals surface area contributed by atoms with Crippen LogP contribution in [0, 0.1) is 5.92 Å². The fraction of sp³-hybridized carbons (Fsp3) is 0.864. The van der Waals surface area contributed by atoms with Crippen LogP contribution in [-0.4, -0.2) is 98.0 Å². The molecule has 170 valence electrons. The topological polar surface area (TPSA) is 82.2 Å². The summed E-state index contributed by atoms with van der Waals surface area (Å²) in [5.74, 6) is 0.437. The average Bonchev–Trinajstić information content (AvgIpc) is 3.27. The van der Waals surface area contributed by atoms with Crippen molar-refractivity contribution >= 4 is 17.7 Å². The van der Waals surface area contributed by atoms with Gasteiger partial charge in [0.25, 0.3) is 0 Å². The highest BCUT2D eigenvalue weighted by molar-refractivity contribution is 5.89. The third-order valence-corrected chi connectivity index (χ3v) is 6.67. The first kappa shape index (κ1) is 23.0. The predicted octanol–water partition coefficient (Wildman–Crippen LogP) is 0.855. The van der Waals surface area contributed by atoms with Crippen molar-refractivity contribution in [1.29, 1.82) is 0 Å². The van der Waals surface area contributed by atoms with Gasteiger partial charge in [-0.1, -0.05) is 19.3 Å². The van der Waals surface area contributed by atoms with E-state index in [1.54, 1.807) is 7.11 Å². The Morgan fingerprint density at radius 3 is 2.33 bits per heavy atom. The molecule has 2 saturated heterocycles. The minimum Gasteiger partial charge on any atom is -0.385 e. The summed E-state index contributed by atoms with van der Waals surface area (Å²) < 4.78 is 4.98. The van der Waals surface area contributed by atoms with E-state index in [2.05, 4.69) is 10.2 Å². The molecule has 1 saturated carbocycles. The van der Waals surface area contributed by atoms with E-state index in [4.69, 9.17) is 4.74 Å². The largest absolute Gasteiger partial charge is 0.385 e. The Balaban J connectivity index is 1.43. The third-order valence-electron chi connectivity index (χ3n) is 6.67. The number of hydrogen-bond acceptors (Lipinski definition) is 5. The van der Waals surface area contributed by atoms with Crippen molar-refractivity contribution in [2.24, 2.45) is 5.92 Å². The lowest BCUT2D eigenvalue weighted by molar-refractivity contribution is -0.147. The number of amides is 3. The molecule has 8 nitrogen and oxygen atoms in total. The van der Waals surface area contributed by atoms with Crippen LogP contribution in [0.15, 0.2) is 0 Å². The van der Waals surface area contributed by atoms with Crippen LogP contribution in [0.3, 0.4) is 0 Å². The van der Waals surface area contributed by atoms with E-state index in [9.17, 15) is 14.4 Å². The molecule has 0 aromatic heterocycles. The maximum atomic E-state index is 13.2. The number of nitrogens with zero attached hydrogens (tertiary/aromatic N) is 3. The van der Waals surface area contributed by atoms with Crippen molar-refractivity contribution in [2.45, 2.75) is 57.4 Å². The Morgan fingerprint density at radius 2 is 1.63 bits per heavy atom. The van der Waals surface area contributed by atoms with Crippen LogP contribution in [0.4, 0.5) is 0 Å². The molecule has 3 rings (SSSR count). The molecule has 0 radical (unpaired) electrons. The lowest BCUT2D eigenvalue weighted by Gasteiger charge is -2.37. The second-order valence-corrected chi connectivity index (χ2v) is 8.82. The molecule has 1 unspecified atom stereocenters. The van der Waals surface area contributed by atoms with Crippen molar-refractivity contribution in [3.05, 3.63) is 0 Å². The van der Waals surface area contributed by atoms with Crippen LogP contribution >= 0.6 is 0 Å². The van der Waals surface area contributed by atoms with Gasteiger partial charge in [-0.15, -0.1) is 0 Å². The van der Waals surface area contributed by atoms with Crippen LogP contribution in [0.2, 0.25) is 0 Å². The number of ether oxygens (including phenoxy) is 1. The molecule has 0 aromatic carbocycles. The first-order valence-electron chi connectivity index (χ1n) is 11.7. The van der Waals surface area contributed by atoms with E-state index < -0.39 is 0 Å². The van der Waals surface area contributed by atoms with Crippen molar-refractivity contribution in [3.63, 3.8) is 0 Å². The van der Waals surface area contributed by atoms with Gasteiger partial charge in [-0.2, -0.15) is 0 Å². The maximum Gasteiger partial charge on any atom is 0.245 e. The van der Waals surface area contributed by atoms with E-state index in [0.717, 1.165) is 51.5 Å². The molecule has 2 heterocycles. The fourth-order valence-corrected chi connectivity index (χ4v) is 4.91. The van der Waals surface area contributed by atoms with Gasteiger partial charge in [0.1, 0.15) is 6.04 Å². The van der Waals surface area contributed by atoms with Crippen LogP contribution in [0.25, 0.3) is 0 Å². The minimum atomic E-state index is -0.282. The molecule has 2 aliphatic heterocycles. The van der Waals surface area contributed by atoms with Gasteiger partial charge in [0.15, 0.2) is 0 Å². The molecule has 30 heavy (non-hydrogen) atoms. The van der Waals surface area contributed by atoms with Gasteiger partial charge < -0.3 is 19.9 Å². The van der Waals surface area contributed by atoms with Gasteiger partial charge >= 0.3 is 0 Å². The maximum absolute atomic E-state index is 13.2. The second kappa shape index (κ2) is 11.6. The van der Waals surface area contributed by atoms with E-state index in [1.807, 2.05) is 9.80 Å². The molecule has 1 aliphatic carbocycles. The summed E-state index contributed by atoms with van der Waals surface area (Å²) >= 11 is 0. The van der Waals surface area contributed by atoms with Crippen LogP contribution in [-0.2, 0) is 19.1 Å². The summed E-state index contributed by atoms with van der Waals surface area (Å²) in [7, 11) is 1.65. The first-order chi connectivity index (χ1) is 14.6. The number of nitrogens with one attached hydrogen (secondary N) is 1. The van der Waals surface area contributed by atoms with Gasteiger partial charge in [0.05, 0.1) is 6.54 Å². The summed E-state index contributed by atoms with van der Waals surface area (Å²) in [5, 5.41) is 2.91. The Bertz CT molecular complexity index is 586. The lowest BCUT2D eigenvalue weighted by Crippen LogP contribution is -2.56. The normalized spacial score (nSPS) is 23.6. The van der Waals surface area contributed by atoms with Crippen LogP contribution in [0.1, 0.15) is 51.4 Å². The molecule has 0 aromatic rings. The summed E-state index contributed by atoms with van der Waals surface area (Å²) in [4.78, 5) is 44.1. The summed E-state index contributed by atoms with van der Waals surface area (Å²) in [6.45, 7) is 4.98. The van der Waals surface area contributed by atoms with Gasteiger partial charge in [-0.25, -0.2) is 0 Å². The standard InChI is InChI=1S/C22H38N4O4/c1-30-16-6-10-23-20(27)17-24-12-14-25(15-13-24)22(29)19-9-5-11-26(19)21(28)18-7-3-2-4-8-18/h18-19H,2-17H2,1H3,(H,23,27). The predicted molar refractivity (Wildman–Crippen MR) is 114 cm³/mol. The van der Waals surface area contributed by atoms with Crippen LogP contribution < -0.4 is 5.32 Å². The zero-order valence-electron chi connectivity index (χ0n) is 18.4. The van der Waals surface area contributed by atoms with Crippen molar-refractivity contribution in [2.75, 3.05) is 59.5 Å². The van der Waals surface area contributed by atoms with Gasteiger partial charge in [-0.05, 0) is 32.1 Å². The van der Waals surface area contributed by atoms with Crippen molar-refractivity contribution < 1.29 is 19.1 Å². The molecule has 3 aliphatic rings. The van der Waals surface area contributed by atoms with Gasteiger partial charge in [-0.3, -0.25) is 19.3 Å². The number of carbonyl (C=O) groups excluding carboxylic acids is 3. The van der Waals surface area contributed by atoms with Gasteiger partial charge in [0, 0.05) is 58.9 Å². The molecule has 3 fully saturated rings. The van der Waals surface area contributed by atoms with E-state index in [-0.39, 0.29) is 29.7 Å². The Morgan fingerprint density at radius 1 is 0.900 bits per heavy atom. The summed E-state index contributed by atoms with van der Waals surface area (Å²) in [5.41, 5.74) is 0. The van der Waals surface area contributed by atoms with E-state index >= 15 is 0 Å². The molecule has 3 amide bonds. The quantitative estimate of drug-likeness (QED) is 0.587. The SMILES string of the molecule is COCCCNC(=O)CN1CCN(C(=O)C2CCCN2C(=O)C2CCCCC2)CC1. The molecule has 0 bridgehead atoms. The minimum absolute atomic E-state index is 0.0194. The fourth-order valence-electron chi connectivity index (χ4n) is 4.91. The highest BCUT2D eigenvalue weighted by atomic mass is 16.5. The smallest absolute Gasteiger partial charge is 0.245 e. The molecule has 1 atom stereocenters. The monoisotopic (exact) mass is 422 g/mol. The van der Waals surface area contributed by atoms with E-state index in [1.165, 1.54) is 6.42 Å². The van der Waals surface area contributed by atoms with Gasteiger partial charge in [0.2, 0.25) is 17.7 Å². The van der Waals surface area contributed by atoms with E-state index in [0.29, 0.717) is 45.9 Å². The van der Waals surface area contributed by atoms with Crippen molar-refractivity contribution in [3.8, 4) is 0 Å². The third kappa shape index (κ3) is 6.17.